The van der Waals surface area contributed by atoms with Crippen LogP contribution in [0.25, 0.3) is 0 Å². The molecular formula is C25H23FO3. The Morgan fingerprint density at radius 3 is 2.52 bits per heavy atom. The quantitative estimate of drug-likeness (QED) is 0.405. The number of fused-ring (bicyclic) bond motifs is 1. The van der Waals surface area contributed by atoms with E-state index in [0.29, 0.717) is 24.3 Å². The number of hydrogen-bond donors (Lipinski definition) is 0. The summed E-state index contributed by atoms with van der Waals surface area (Å²) in [6.45, 7) is 2.49. The lowest BCUT2D eigenvalue weighted by atomic mass is 9.75. The summed E-state index contributed by atoms with van der Waals surface area (Å²) < 4.78 is 25.9. The van der Waals surface area contributed by atoms with E-state index in [1.165, 1.54) is 12.1 Å². The van der Waals surface area contributed by atoms with Crippen molar-refractivity contribution in [2.75, 3.05) is 0 Å². The van der Waals surface area contributed by atoms with E-state index in [9.17, 15) is 9.18 Å². The number of hydrogen-bond acceptors (Lipinski definition) is 3. The van der Waals surface area contributed by atoms with Crippen molar-refractivity contribution in [1.82, 2.24) is 0 Å². The summed E-state index contributed by atoms with van der Waals surface area (Å²) >= 11 is 0. The van der Waals surface area contributed by atoms with Crippen LogP contribution < -0.4 is 4.74 Å². The summed E-state index contributed by atoms with van der Waals surface area (Å²) in [5.41, 5.74) is 2.59. The molecule has 0 spiro atoms. The van der Waals surface area contributed by atoms with E-state index in [4.69, 9.17) is 9.47 Å². The fraction of sp³-hybridized carbons (Fsp3) is 0.240. The minimum Gasteiger partial charge on any atom is -0.426 e. The van der Waals surface area contributed by atoms with Crippen molar-refractivity contribution in [2.24, 2.45) is 0 Å². The van der Waals surface area contributed by atoms with Crippen molar-refractivity contribution in [3.05, 3.63) is 101 Å². The van der Waals surface area contributed by atoms with Crippen LogP contribution in [0.2, 0.25) is 0 Å². The topological polar surface area (TPSA) is 35.5 Å². The Kier molecular flexibility index (Phi) is 5.72. The number of para-hydroxylation sites is 1. The first-order chi connectivity index (χ1) is 14.2. The predicted octanol–water partition coefficient (Wildman–Crippen LogP) is 5.61. The molecule has 0 fully saturated rings. The van der Waals surface area contributed by atoms with Crippen LogP contribution in [0, 0.1) is 5.82 Å². The van der Waals surface area contributed by atoms with Gasteiger partial charge in [-0.2, -0.15) is 0 Å². The highest BCUT2D eigenvalue weighted by Crippen LogP contribution is 2.46. The minimum atomic E-state index is -0.624. The summed E-state index contributed by atoms with van der Waals surface area (Å²) in [6.07, 6.45) is 0.489. The summed E-state index contributed by atoms with van der Waals surface area (Å²) in [5, 5.41) is 0. The molecule has 2 unspecified atom stereocenters. The summed E-state index contributed by atoms with van der Waals surface area (Å²) in [5.74, 6) is -1.08. The predicted molar refractivity (Wildman–Crippen MR) is 109 cm³/mol. The molecule has 0 N–H and O–H groups in total. The van der Waals surface area contributed by atoms with E-state index in [1.807, 2.05) is 55.5 Å². The van der Waals surface area contributed by atoms with E-state index in [-0.39, 0.29) is 23.8 Å². The second-order valence-electron chi connectivity index (χ2n) is 7.26. The molecule has 3 aromatic rings. The lowest BCUT2D eigenvalue weighted by Crippen LogP contribution is -2.37. The van der Waals surface area contributed by atoms with Crippen molar-refractivity contribution in [2.45, 2.75) is 37.9 Å². The van der Waals surface area contributed by atoms with Gasteiger partial charge < -0.3 is 9.47 Å². The molecule has 0 aliphatic carbocycles. The number of rotatable bonds is 6. The zero-order chi connectivity index (χ0) is 20.2. The Morgan fingerprint density at radius 2 is 1.76 bits per heavy atom. The highest BCUT2D eigenvalue weighted by atomic mass is 19.1. The molecule has 3 aromatic carbocycles. The van der Waals surface area contributed by atoms with Gasteiger partial charge in [-0.05, 0) is 35.7 Å². The first-order valence-electron chi connectivity index (χ1n) is 9.89. The summed E-state index contributed by atoms with van der Waals surface area (Å²) in [6, 6.07) is 23.7. The lowest BCUT2D eigenvalue weighted by molar-refractivity contribution is -0.139. The van der Waals surface area contributed by atoms with Crippen molar-refractivity contribution in [3.63, 3.8) is 0 Å². The maximum absolute atomic E-state index is 13.9. The van der Waals surface area contributed by atoms with Crippen LogP contribution >= 0.6 is 0 Å². The molecule has 0 saturated heterocycles. The molecule has 148 valence electrons. The van der Waals surface area contributed by atoms with Crippen LogP contribution in [0.15, 0.2) is 78.9 Å². The number of carbonyl (C=O) groups excluding carboxylic acids is 1. The normalized spacial score (nSPS) is 19.3. The van der Waals surface area contributed by atoms with Gasteiger partial charge in [0.05, 0.1) is 18.6 Å². The van der Waals surface area contributed by atoms with Gasteiger partial charge in [0.25, 0.3) is 0 Å². The van der Waals surface area contributed by atoms with E-state index in [1.54, 1.807) is 18.2 Å². The molecule has 1 heterocycles. The largest absolute Gasteiger partial charge is 0.426 e. The van der Waals surface area contributed by atoms with Gasteiger partial charge in [-0.25, -0.2) is 4.39 Å². The first kappa shape index (κ1) is 19.3. The van der Waals surface area contributed by atoms with Crippen LogP contribution in [0.3, 0.4) is 0 Å². The third-order valence-electron chi connectivity index (χ3n) is 5.42. The maximum Gasteiger partial charge on any atom is 0.319 e. The Bertz CT molecular complexity index is 986. The van der Waals surface area contributed by atoms with E-state index in [2.05, 4.69) is 0 Å². The fourth-order valence-corrected chi connectivity index (χ4v) is 4.06. The zero-order valence-electron chi connectivity index (χ0n) is 16.3. The molecule has 0 radical (unpaired) electrons. The highest BCUT2D eigenvalue weighted by molar-refractivity contribution is 5.84. The summed E-state index contributed by atoms with van der Waals surface area (Å²) in [7, 11) is 0. The van der Waals surface area contributed by atoms with Gasteiger partial charge in [0.1, 0.15) is 11.6 Å². The summed E-state index contributed by atoms with van der Waals surface area (Å²) in [4.78, 5) is 13.0. The Morgan fingerprint density at radius 1 is 1.00 bits per heavy atom. The molecular weight excluding hydrogens is 367 g/mol. The van der Waals surface area contributed by atoms with E-state index >= 15 is 0 Å². The number of ether oxygens (including phenoxy) is 2. The number of carbonyl (C=O) groups is 1. The number of esters is 1. The average molecular weight is 390 g/mol. The van der Waals surface area contributed by atoms with Gasteiger partial charge >= 0.3 is 5.97 Å². The molecule has 0 bridgehead atoms. The molecule has 3 nitrogen and oxygen atoms in total. The van der Waals surface area contributed by atoms with E-state index < -0.39 is 5.92 Å². The average Bonchev–Trinajstić information content (AvgIpc) is 2.74. The second kappa shape index (κ2) is 8.58. The van der Waals surface area contributed by atoms with Crippen molar-refractivity contribution in [1.29, 1.82) is 0 Å². The smallest absolute Gasteiger partial charge is 0.319 e. The molecule has 0 amide bonds. The van der Waals surface area contributed by atoms with Crippen molar-refractivity contribution in [3.8, 4) is 5.75 Å². The van der Waals surface area contributed by atoms with Crippen molar-refractivity contribution >= 4 is 5.97 Å². The SMILES string of the molecule is CCC(OCc1ccccc1)C1c2ccccc2OC(=O)[C@H]1c1cccc(F)c1. The van der Waals surface area contributed by atoms with Gasteiger partial charge in [0, 0.05) is 11.5 Å². The van der Waals surface area contributed by atoms with Crippen LogP contribution in [-0.4, -0.2) is 12.1 Å². The molecule has 4 rings (SSSR count). The molecule has 0 aromatic heterocycles. The Labute approximate surface area is 170 Å². The standard InChI is InChI=1S/C25H23FO3/c1-2-21(28-16-17-9-4-3-5-10-17)24-20-13-6-7-14-22(20)29-25(27)23(24)18-11-8-12-19(26)15-18/h3-15,21,23-24H,2,16H2,1H3/t21?,23-,24?/m0/s1. The highest BCUT2D eigenvalue weighted by Gasteiger charge is 2.43. The van der Waals surface area contributed by atoms with Crippen LogP contribution in [0.4, 0.5) is 4.39 Å². The molecule has 1 aliphatic heterocycles. The zero-order valence-corrected chi connectivity index (χ0v) is 16.3. The first-order valence-corrected chi connectivity index (χ1v) is 9.89. The Hall–Kier alpha value is -2.98. The van der Waals surface area contributed by atoms with Gasteiger partial charge in [-0.15, -0.1) is 0 Å². The monoisotopic (exact) mass is 390 g/mol. The second-order valence-corrected chi connectivity index (χ2v) is 7.26. The molecule has 4 heteroatoms. The minimum absolute atomic E-state index is 0.225. The van der Waals surface area contributed by atoms with Crippen LogP contribution in [0.1, 0.15) is 41.9 Å². The number of benzene rings is 3. The van der Waals surface area contributed by atoms with Gasteiger partial charge in [0.2, 0.25) is 0 Å². The third kappa shape index (κ3) is 4.08. The van der Waals surface area contributed by atoms with Gasteiger partial charge in [0.15, 0.2) is 0 Å². The maximum atomic E-state index is 13.9. The molecule has 0 saturated carbocycles. The third-order valence-corrected chi connectivity index (χ3v) is 5.42. The fourth-order valence-electron chi connectivity index (χ4n) is 4.06. The van der Waals surface area contributed by atoms with Gasteiger partial charge in [-0.1, -0.05) is 67.6 Å². The van der Waals surface area contributed by atoms with Gasteiger partial charge in [-0.3, -0.25) is 4.79 Å². The lowest BCUT2D eigenvalue weighted by Gasteiger charge is -2.37. The van der Waals surface area contributed by atoms with E-state index in [0.717, 1.165) is 11.1 Å². The number of halogens is 1. The van der Waals surface area contributed by atoms with Crippen LogP contribution in [-0.2, 0) is 16.1 Å². The molecule has 1 aliphatic rings. The molecule has 29 heavy (non-hydrogen) atoms. The van der Waals surface area contributed by atoms with Crippen molar-refractivity contribution < 1.29 is 18.7 Å². The molecule has 3 atom stereocenters. The van der Waals surface area contributed by atoms with Crippen LogP contribution in [0.5, 0.6) is 5.75 Å². The Balaban J connectivity index is 1.72.